The fourth-order valence-electron chi connectivity index (χ4n) is 3.74. The first-order chi connectivity index (χ1) is 9.84. The van der Waals surface area contributed by atoms with Crippen molar-refractivity contribution in [3.63, 3.8) is 0 Å². The van der Waals surface area contributed by atoms with E-state index in [1.54, 1.807) is 5.56 Å². The smallest absolute Gasteiger partial charge is 0.0210 e. The summed E-state index contributed by atoms with van der Waals surface area (Å²) in [6, 6.07) is 9.72. The van der Waals surface area contributed by atoms with Crippen LogP contribution in [0.3, 0.4) is 0 Å². The molecule has 2 aliphatic rings. The van der Waals surface area contributed by atoms with Gasteiger partial charge in [0.05, 0.1) is 0 Å². The molecule has 0 unspecified atom stereocenters. The summed E-state index contributed by atoms with van der Waals surface area (Å²) in [7, 11) is 0. The predicted molar refractivity (Wildman–Crippen MR) is 85.9 cm³/mol. The lowest BCUT2D eigenvalue weighted by Gasteiger charge is -2.24. The van der Waals surface area contributed by atoms with E-state index in [0.717, 1.165) is 18.4 Å². The number of hydrogen-bond donors (Lipinski definition) is 1. The molecule has 0 amide bonds. The van der Waals surface area contributed by atoms with Gasteiger partial charge in [-0.15, -0.1) is 0 Å². The van der Waals surface area contributed by atoms with Crippen LogP contribution in [0.1, 0.15) is 75.3 Å². The molecular weight excluding hydrogens is 242 g/mol. The molecule has 1 aromatic rings. The largest absolute Gasteiger partial charge is 0.310 e. The van der Waals surface area contributed by atoms with Crippen molar-refractivity contribution in [2.24, 2.45) is 5.92 Å². The zero-order chi connectivity index (χ0) is 13.8. The maximum absolute atomic E-state index is 3.82. The van der Waals surface area contributed by atoms with E-state index in [2.05, 4.69) is 36.5 Å². The van der Waals surface area contributed by atoms with E-state index in [0.29, 0.717) is 6.04 Å². The molecule has 0 aromatic heterocycles. The summed E-state index contributed by atoms with van der Waals surface area (Å²) in [5.74, 6) is 1.76. The van der Waals surface area contributed by atoms with Crippen LogP contribution in [-0.2, 0) is 6.54 Å². The van der Waals surface area contributed by atoms with Crippen molar-refractivity contribution in [2.75, 3.05) is 0 Å². The molecule has 2 saturated carbocycles. The third-order valence-corrected chi connectivity index (χ3v) is 5.29. The van der Waals surface area contributed by atoms with E-state index < -0.39 is 0 Å². The highest BCUT2D eigenvalue weighted by Gasteiger charge is 2.26. The molecule has 0 radical (unpaired) electrons. The van der Waals surface area contributed by atoms with Crippen LogP contribution in [0.15, 0.2) is 24.3 Å². The maximum atomic E-state index is 3.82. The molecule has 20 heavy (non-hydrogen) atoms. The first kappa shape index (κ1) is 14.1. The van der Waals surface area contributed by atoms with Crippen molar-refractivity contribution in [3.8, 4) is 0 Å². The van der Waals surface area contributed by atoms with Crippen LogP contribution in [0.25, 0.3) is 0 Å². The summed E-state index contributed by atoms with van der Waals surface area (Å²) in [5, 5.41) is 3.82. The Morgan fingerprint density at radius 3 is 2.40 bits per heavy atom. The molecule has 110 valence electrons. The second-order valence-electron chi connectivity index (χ2n) is 6.89. The third-order valence-electron chi connectivity index (χ3n) is 5.29. The van der Waals surface area contributed by atoms with E-state index in [9.17, 15) is 0 Å². The third kappa shape index (κ3) is 3.63. The maximum Gasteiger partial charge on any atom is 0.0210 e. The molecule has 1 heteroatoms. The Labute approximate surface area is 124 Å². The van der Waals surface area contributed by atoms with Gasteiger partial charge in [0.2, 0.25) is 0 Å². The van der Waals surface area contributed by atoms with Gasteiger partial charge in [-0.1, -0.05) is 49.9 Å². The van der Waals surface area contributed by atoms with Crippen LogP contribution in [0.5, 0.6) is 0 Å². The Kier molecular flexibility index (Phi) is 4.77. The average molecular weight is 271 g/mol. The first-order valence-corrected chi connectivity index (χ1v) is 8.66. The molecule has 2 fully saturated rings. The lowest BCUT2D eigenvalue weighted by molar-refractivity contribution is 0.336. The van der Waals surface area contributed by atoms with Gasteiger partial charge in [0.1, 0.15) is 0 Å². The fourth-order valence-corrected chi connectivity index (χ4v) is 3.74. The zero-order valence-electron chi connectivity index (χ0n) is 12.9. The SMILES string of the molecule is C[C@@H](NCc1ccccc1C1CC1)C1CCCCCC1. The van der Waals surface area contributed by atoms with Crippen molar-refractivity contribution in [1.29, 1.82) is 0 Å². The second-order valence-corrected chi connectivity index (χ2v) is 6.89. The Hall–Kier alpha value is -0.820. The molecule has 3 rings (SSSR count). The predicted octanol–water partition coefficient (Wildman–Crippen LogP) is 5.01. The minimum absolute atomic E-state index is 0.667. The topological polar surface area (TPSA) is 12.0 Å². The average Bonchev–Trinajstić information content (AvgIpc) is 3.31. The Morgan fingerprint density at radius 1 is 1.00 bits per heavy atom. The molecule has 1 atom stereocenters. The van der Waals surface area contributed by atoms with Crippen LogP contribution >= 0.6 is 0 Å². The molecule has 2 aliphatic carbocycles. The van der Waals surface area contributed by atoms with Crippen molar-refractivity contribution in [1.82, 2.24) is 5.32 Å². The van der Waals surface area contributed by atoms with Gasteiger partial charge in [-0.3, -0.25) is 0 Å². The molecule has 0 saturated heterocycles. The van der Waals surface area contributed by atoms with Crippen molar-refractivity contribution < 1.29 is 0 Å². The van der Waals surface area contributed by atoms with E-state index in [1.165, 1.54) is 56.9 Å². The van der Waals surface area contributed by atoms with Gasteiger partial charge in [-0.25, -0.2) is 0 Å². The van der Waals surface area contributed by atoms with Crippen LogP contribution in [-0.4, -0.2) is 6.04 Å². The summed E-state index contributed by atoms with van der Waals surface area (Å²) in [4.78, 5) is 0. The van der Waals surface area contributed by atoms with Crippen LogP contribution in [0, 0.1) is 5.92 Å². The van der Waals surface area contributed by atoms with Crippen LogP contribution in [0.2, 0.25) is 0 Å². The van der Waals surface area contributed by atoms with E-state index in [4.69, 9.17) is 0 Å². The molecule has 1 nitrogen and oxygen atoms in total. The standard InChI is InChI=1S/C19H29N/c1-15(16-8-4-2-3-5-9-16)20-14-18-10-6-7-11-19(18)17-12-13-17/h6-7,10-11,15-17,20H,2-5,8-9,12-14H2,1H3/t15-/m1/s1. The minimum Gasteiger partial charge on any atom is -0.310 e. The Balaban J connectivity index is 1.55. The number of rotatable bonds is 5. The van der Waals surface area contributed by atoms with Crippen molar-refractivity contribution in [3.05, 3.63) is 35.4 Å². The lowest BCUT2D eigenvalue weighted by atomic mass is 9.92. The summed E-state index contributed by atoms with van der Waals surface area (Å²) in [6.45, 7) is 3.46. The number of hydrogen-bond acceptors (Lipinski definition) is 1. The molecular formula is C19H29N. The normalized spacial score (nSPS) is 22.4. The van der Waals surface area contributed by atoms with Crippen LogP contribution in [0.4, 0.5) is 0 Å². The number of nitrogens with one attached hydrogen (secondary N) is 1. The Morgan fingerprint density at radius 2 is 1.70 bits per heavy atom. The Bertz CT molecular complexity index is 414. The number of benzene rings is 1. The molecule has 1 aromatic carbocycles. The van der Waals surface area contributed by atoms with E-state index >= 15 is 0 Å². The van der Waals surface area contributed by atoms with Gasteiger partial charge in [-0.05, 0) is 55.6 Å². The fraction of sp³-hybridized carbons (Fsp3) is 0.684. The summed E-state index contributed by atoms with van der Waals surface area (Å²) in [5.41, 5.74) is 3.14. The van der Waals surface area contributed by atoms with E-state index in [-0.39, 0.29) is 0 Å². The van der Waals surface area contributed by atoms with Crippen LogP contribution < -0.4 is 5.32 Å². The molecule has 0 aliphatic heterocycles. The lowest BCUT2D eigenvalue weighted by Crippen LogP contribution is -2.33. The van der Waals surface area contributed by atoms with Gasteiger partial charge in [0, 0.05) is 12.6 Å². The van der Waals surface area contributed by atoms with Gasteiger partial charge >= 0.3 is 0 Å². The van der Waals surface area contributed by atoms with Crippen molar-refractivity contribution in [2.45, 2.75) is 76.8 Å². The summed E-state index contributed by atoms with van der Waals surface area (Å²) < 4.78 is 0. The monoisotopic (exact) mass is 271 g/mol. The summed E-state index contributed by atoms with van der Waals surface area (Å²) >= 11 is 0. The minimum atomic E-state index is 0.667. The highest BCUT2D eigenvalue weighted by atomic mass is 14.9. The molecule has 0 heterocycles. The molecule has 0 spiro atoms. The molecule has 0 bridgehead atoms. The first-order valence-electron chi connectivity index (χ1n) is 8.66. The van der Waals surface area contributed by atoms with Gasteiger partial charge < -0.3 is 5.32 Å². The second kappa shape index (κ2) is 6.76. The van der Waals surface area contributed by atoms with E-state index in [1.807, 2.05) is 0 Å². The van der Waals surface area contributed by atoms with Crippen molar-refractivity contribution >= 4 is 0 Å². The van der Waals surface area contributed by atoms with Gasteiger partial charge in [-0.2, -0.15) is 0 Å². The zero-order valence-corrected chi connectivity index (χ0v) is 12.9. The highest BCUT2D eigenvalue weighted by Crippen LogP contribution is 2.41. The van der Waals surface area contributed by atoms with Gasteiger partial charge in [0.15, 0.2) is 0 Å². The van der Waals surface area contributed by atoms with Gasteiger partial charge in [0.25, 0.3) is 0 Å². The molecule has 1 N–H and O–H groups in total. The highest BCUT2D eigenvalue weighted by molar-refractivity contribution is 5.33. The quantitative estimate of drug-likeness (QED) is 0.742. The summed E-state index contributed by atoms with van der Waals surface area (Å²) in [6.07, 6.45) is 11.4.